The van der Waals surface area contributed by atoms with E-state index in [1.807, 2.05) is 0 Å². The van der Waals surface area contributed by atoms with Crippen LogP contribution in [0.3, 0.4) is 0 Å². The lowest BCUT2D eigenvalue weighted by atomic mass is 10.1. The smallest absolute Gasteiger partial charge is 0.409 e. The first kappa shape index (κ1) is 11.3. The van der Waals surface area contributed by atoms with E-state index in [0.717, 1.165) is 0 Å². The van der Waals surface area contributed by atoms with Gasteiger partial charge in [-0.15, -0.1) is 0 Å². The number of fused-ring (bicyclic) bond motifs is 2. The van der Waals surface area contributed by atoms with Crippen LogP contribution in [0.2, 0.25) is 0 Å². The van der Waals surface area contributed by atoms with Crippen LogP contribution in [0.5, 0.6) is 5.75 Å². The Kier molecular flexibility index (Phi) is 2.45. The topological polar surface area (TPSA) is 82.5 Å². The fourth-order valence-corrected chi connectivity index (χ4v) is 1.96. The highest BCUT2D eigenvalue weighted by atomic mass is 16.5. The normalized spacial score (nSPS) is 10.7. The summed E-state index contributed by atoms with van der Waals surface area (Å²) in [6.45, 7) is 0. The first-order valence-electron chi connectivity index (χ1n) is 5.58. The Labute approximate surface area is 107 Å². The molecular formula is C14H9NO4. The molecule has 0 saturated heterocycles. The second-order valence-corrected chi connectivity index (χ2v) is 4.01. The fraction of sp³-hybridized carbons (Fsp3) is 0. The molecule has 0 aliphatic rings. The molecule has 94 valence electrons. The number of para-hydroxylation sites is 1. The summed E-state index contributed by atoms with van der Waals surface area (Å²) in [5.41, 5.74) is 5.71. The van der Waals surface area contributed by atoms with E-state index in [0.29, 0.717) is 21.9 Å². The van der Waals surface area contributed by atoms with Crippen molar-refractivity contribution in [3.05, 3.63) is 52.7 Å². The Morgan fingerprint density at radius 3 is 2.58 bits per heavy atom. The molecule has 0 fully saturated rings. The predicted octanol–water partition coefficient (Wildman–Crippen LogP) is 2.40. The molecule has 5 heteroatoms. The van der Waals surface area contributed by atoms with Crippen LogP contribution in [0, 0.1) is 0 Å². The number of ether oxygens (including phenoxy) is 1. The van der Waals surface area contributed by atoms with Crippen molar-refractivity contribution in [2.45, 2.75) is 0 Å². The van der Waals surface area contributed by atoms with Crippen molar-refractivity contribution in [1.29, 1.82) is 0 Å². The molecule has 1 aromatic heterocycles. The minimum Gasteiger partial charge on any atom is -0.456 e. The van der Waals surface area contributed by atoms with Gasteiger partial charge in [-0.2, -0.15) is 0 Å². The van der Waals surface area contributed by atoms with Gasteiger partial charge in [0.1, 0.15) is 16.9 Å². The van der Waals surface area contributed by atoms with E-state index >= 15 is 0 Å². The minimum atomic E-state index is -0.926. The van der Waals surface area contributed by atoms with Gasteiger partial charge in [0.15, 0.2) is 0 Å². The molecule has 1 amide bonds. The second kappa shape index (κ2) is 4.13. The molecule has 0 unspecified atom stereocenters. The van der Waals surface area contributed by atoms with Crippen LogP contribution in [0.4, 0.5) is 4.79 Å². The van der Waals surface area contributed by atoms with Gasteiger partial charge in [-0.1, -0.05) is 12.1 Å². The number of hydrogen-bond donors (Lipinski definition) is 1. The molecule has 0 aliphatic carbocycles. The molecule has 1 heterocycles. The molecule has 0 radical (unpaired) electrons. The van der Waals surface area contributed by atoms with Gasteiger partial charge in [0.25, 0.3) is 0 Å². The Bertz CT molecular complexity index is 851. The summed E-state index contributed by atoms with van der Waals surface area (Å²) < 4.78 is 10.4. The van der Waals surface area contributed by atoms with Gasteiger partial charge in [-0.25, -0.2) is 4.79 Å². The molecule has 5 nitrogen and oxygen atoms in total. The van der Waals surface area contributed by atoms with Crippen LogP contribution < -0.4 is 15.9 Å². The summed E-state index contributed by atoms with van der Waals surface area (Å²) in [5, 5.41) is 0.823. The van der Waals surface area contributed by atoms with Gasteiger partial charge in [0, 0.05) is 0 Å². The van der Waals surface area contributed by atoms with Crippen molar-refractivity contribution >= 4 is 28.0 Å². The first-order chi connectivity index (χ1) is 9.15. The standard InChI is InChI=1S/C14H9NO4/c15-14(17)18-8-5-6-12-10(7-8)13(16)9-3-1-2-4-11(9)19-12/h1-7H,(H2,15,17). The van der Waals surface area contributed by atoms with Crippen LogP contribution in [-0.2, 0) is 0 Å². The van der Waals surface area contributed by atoms with Crippen LogP contribution in [0.1, 0.15) is 0 Å². The largest absolute Gasteiger partial charge is 0.456 e. The van der Waals surface area contributed by atoms with Crippen LogP contribution in [0.25, 0.3) is 21.9 Å². The highest BCUT2D eigenvalue weighted by Crippen LogP contribution is 2.22. The van der Waals surface area contributed by atoms with Crippen molar-refractivity contribution in [1.82, 2.24) is 0 Å². The summed E-state index contributed by atoms with van der Waals surface area (Å²) in [7, 11) is 0. The number of amides is 1. The lowest BCUT2D eigenvalue weighted by Crippen LogP contribution is -2.16. The van der Waals surface area contributed by atoms with Gasteiger partial charge in [0.05, 0.1) is 10.8 Å². The van der Waals surface area contributed by atoms with Gasteiger partial charge in [-0.3, -0.25) is 4.79 Å². The van der Waals surface area contributed by atoms with E-state index in [2.05, 4.69) is 0 Å². The monoisotopic (exact) mass is 255 g/mol. The summed E-state index contributed by atoms with van der Waals surface area (Å²) in [5.74, 6) is 0.211. The van der Waals surface area contributed by atoms with Crippen molar-refractivity contribution in [3.63, 3.8) is 0 Å². The highest BCUT2D eigenvalue weighted by Gasteiger charge is 2.09. The Morgan fingerprint density at radius 1 is 1.05 bits per heavy atom. The second-order valence-electron chi connectivity index (χ2n) is 4.01. The third-order valence-corrected chi connectivity index (χ3v) is 2.77. The molecule has 0 spiro atoms. The van der Waals surface area contributed by atoms with Crippen LogP contribution in [-0.4, -0.2) is 6.09 Å². The number of carbonyl (C=O) groups is 1. The van der Waals surface area contributed by atoms with E-state index in [9.17, 15) is 9.59 Å². The van der Waals surface area contributed by atoms with Crippen molar-refractivity contribution in [2.24, 2.45) is 5.73 Å². The minimum absolute atomic E-state index is 0.174. The van der Waals surface area contributed by atoms with Crippen molar-refractivity contribution in [3.8, 4) is 5.75 Å². The molecule has 2 N–H and O–H groups in total. The molecular weight excluding hydrogens is 246 g/mol. The van der Waals surface area contributed by atoms with Gasteiger partial charge in [0.2, 0.25) is 5.43 Å². The van der Waals surface area contributed by atoms with E-state index in [-0.39, 0.29) is 11.2 Å². The maximum atomic E-state index is 12.3. The molecule has 2 aromatic carbocycles. The summed E-state index contributed by atoms with van der Waals surface area (Å²) in [6.07, 6.45) is -0.926. The van der Waals surface area contributed by atoms with Crippen molar-refractivity contribution < 1.29 is 13.9 Å². The lowest BCUT2D eigenvalue weighted by molar-refractivity contribution is 0.211. The first-order valence-corrected chi connectivity index (χ1v) is 5.58. The average Bonchev–Trinajstić information content (AvgIpc) is 2.39. The quantitative estimate of drug-likeness (QED) is 0.677. The van der Waals surface area contributed by atoms with Gasteiger partial charge >= 0.3 is 6.09 Å². The summed E-state index contributed by atoms with van der Waals surface area (Å²) in [4.78, 5) is 23.0. The van der Waals surface area contributed by atoms with Gasteiger partial charge < -0.3 is 14.9 Å². The molecule has 3 aromatic rings. The number of carbonyl (C=O) groups excluding carboxylic acids is 1. The summed E-state index contributed by atoms with van der Waals surface area (Å²) in [6, 6.07) is 11.5. The maximum absolute atomic E-state index is 12.3. The zero-order valence-corrected chi connectivity index (χ0v) is 9.75. The van der Waals surface area contributed by atoms with E-state index in [1.165, 1.54) is 12.1 Å². The molecule has 0 atom stereocenters. The zero-order valence-electron chi connectivity index (χ0n) is 9.75. The van der Waals surface area contributed by atoms with Crippen LogP contribution >= 0.6 is 0 Å². The third kappa shape index (κ3) is 1.91. The maximum Gasteiger partial charge on any atom is 0.409 e. The average molecular weight is 255 g/mol. The predicted molar refractivity (Wildman–Crippen MR) is 70.2 cm³/mol. The van der Waals surface area contributed by atoms with Gasteiger partial charge in [-0.05, 0) is 30.3 Å². The Balaban J connectivity index is 2.33. The molecule has 3 rings (SSSR count). The molecule has 0 bridgehead atoms. The molecule has 0 saturated carbocycles. The number of hydrogen-bond acceptors (Lipinski definition) is 4. The van der Waals surface area contributed by atoms with E-state index in [4.69, 9.17) is 14.9 Å². The molecule has 19 heavy (non-hydrogen) atoms. The third-order valence-electron chi connectivity index (χ3n) is 2.77. The zero-order chi connectivity index (χ0) is 13.4. The van der Waals surface area contributed by atoms with Crippen molar-refractivity contribution in [2.75, 3.05) is 0 Å². The molecule has 0 aliphatic heterocycles. The number of nitrogens with two attached hydrogens (primary N) is 1. The number of primary amides is 1. The SMILES string of the molecule is NC(=O)Oc1ccc2oc3ccccc3c(=O)c2c1. The number of rotatable bonds is 1. The Morgan fingerprint density at radius 2 is 1.79 bits per heavy atom. The van der Waals surface area contributed by atoms with E-state index < -0.39 is 6.09 Å². The lowest BCUT2D eigenvalue weighted by Gasteiger charge is -2.03. The number of benzene rings is 2. The highest BCUT2D eigenvalue weighted by molar-refractivity contribution is 5.90. The Hall–Kier alpha value is -2.82. The fourth-order valence-electron chi connectivity index (χ4n) is 1.96. The van der Waals surface area contributed by atoms with Crippen LogP contribution in [0.15, 0.2) is 51.7 Å². The summed E-state index contributed by atoms with van der Waals surface area (Å²) >= 11 is 0. The van der Waals surface area contributed by atoms with E-state index in [1.54, 1.807) is 30.3 Å².